The van der Waals surface area contributed by atoms with Crippen molar-refractivity contribution in [3.63, 3.8) is 0 Å². The Labute approximate surface area is 186 Å². The lowest BCUT2D eigenvalue weighted by atomic mass is 10.1. The molecule has 0 radical (unpaired) electrons. The highest BCUT2D eigenvalue weighted by atomic mass is 32.1. The van der Waals surface area contributed by atoms with Crippen molar-refractivity contribution in [2.75, 3.05) is 7.11 Å². The summed E-state index contributed by atoms with van der Waals surface area (Å²) in [5.41, 5.74) is 2.04. The highest BCUT2D eigenvalue weighted by Gasteiger charge is 2.18. The van der Waals surface area contributed by atoms with Crippen LogP contribution >= 0.6 is 11.3 Å². The van der Waals surface area contributed by atoms with Gasteiger partial charge in [-0.25, -0.2) is 19.2 Å². The van der Waals surface area contributed by atoms with Gasteiger partial charge in [-0.2, -0.15) is 0 Å². The molecule has 0 spiro atoms. The van der Waals surface area contributed by atoms with Crippen LogP contribution in [-0.4, -0.2) is 28.0 Å². The predicted octanol–water partition coefficient (Wildman–Crippen LogP) is 5.93. The number of esters is 1. The molecule has 0 fully saturated rings. The minimum atomic E-state index is -0.547. The number of ether oxygens (including phenoxy) is 2. The summed E-state index contributed by atoms with van der Waals surface area (Å²) >= 11 is 1.41. The zero-order valence-corrected chi connectivity index (χ0v) is 17.9. The molecule has 0 bridgehead atoms. The van der Waals surface area contributed by atoms with Gasteiger partial charge in [-0.15, -0.1) is 0 Å². The minimum absolute atomic E-state index is 0.157. The van der Waals surface area contributed by atoms with Gasteiger partial charge in [0.05, 0.1) is 12.8 Å². The van der Waals surface area contributed by atoms with E-state index >= 15 is 0 Å². The largest absolute Gasteiger partial charge is 0.464 e. The van der Waals surface area contributed by atoms with Gasteiger partial charge >= 0.3 is 5.97 Å². The van der Waals surface area contributed by atoms with Crippen molar-refractivity contribution in [1.29, 1.82) is 0 Å². The van der Waals surface area contributed by atoms with Crippen molar-refractivity contribution in [1.82, 2.24) is 15.0 Å². The molecule has 8 heteroatoms. The second-order valence-electron chi connectivity index (χ2n) is 7.12. The van der Waals surface area contributed by atoms with E-state index in [9.17, 15) is 9.18 Å². The number of nitrogens with zero attached hydrogens (tertiary/aromatic N) is 3. The van der Waals surface area contributed by atoms with Crippen LogP contribution in [0.4, 0.5) is 4.39 Å². The monoisotopic (exact) mass is 445 g/mol. The summed E-state index contributed by atoms with van der Waals surface area (Å²) in [6.45, 7) is 1.81. The van der Waals surface area contributed by atoms with Crippen molar-refractivity contribution in [2.45, 2.75) is 6.92 Å². The van der Waals surface area contributed by atoms with Crippen molar-refractivity contribution in [2.24, 2.45) is 0 Å². The van der Waals surface area contributed by atoms with Crippen molar-refractivity contribution < 1.29 is 18.7 Å². The number of benzene rings is 2. The van der Waals surface area contributed by atoms with E-state index in [2.05, 4.69) is 15.0 Å². The summed E-state index contributed by atoms with van der Waals surface area (Å²) in [5, 5.41) is 3.00. The number of fused-ring (bicyclic) bond motifs is 2. The number of aryl methyl sites for hydroxylation is 1. The van der Waals surface area contributed by atoms with Gasteiger partial charge in [-0.05, 0) is 35.9 Å². The number of methoxy groups -OCH3 is 1. The van der Waals surface area contributed by atoms with Crippen molar-refractivity contribution in [3.05, 3.63) is 78.3 Å². The zero-order chi connectivity index (χ0) is 22.2. The lowest BCUT2D eigenvalue weighted by Gasteiger charge is -2.07. The van der Waals surface area contributed by atoms with E-state index in [1.54, 1.807) is 18.5 Å². The molecule has 0 saturated heterocycles. The van der Waals surface area contributed by atoms with E-state index in [1.165, 1.54) is 36.8 Å². The fourth-order valence-corrected chi connectivity index (χ4v) is 4.42. The molecule has 32 heavy (non-hydrogen) atoms. The molecule has 0 atom stereocenters. The van der Waals surface area contributed by atoms with Gasteiger partial charge in [0.15, 0.2) is 10.8 Å². The summed E-state index contributed by atoms with van der Waals surface area (Å²) in [5.74, 6) is -0.526. The number of aromatic nitrogens is 3. The predicted molar refractivity (Wildman–Crippen MR) is 121 cm³/mol. The van der Waals surface area contributed by atoms with Crippen LogP contribution in [0.2, 0.25) is 0 Å². The van der Waals surface area contributed by atoms with Crippen LogP contribution in [0, 0.1) is 12.7 Å². The number of rotatable bonds is 4. The molecule has 3 heterocycles. The van der Waals surface area contributed by atoms with Gasteiger partial charge in [0, 0.05) is 46.4 Å². The quantitative estimate of drug-likeness (QED) is 0.319. The third kappa shape index (κ3) is 3.65. The number of halogens is 1. The molecular formula is C24H16FN3O3S. The van der Waals surface area contributed by atoms with Crippen LogP contribution in [0.25, 0.3) is 32.1 Å². The second-order valence-corrected chi connectivity index (χ2v) is 8.17. The maximum Gasteiger partial charge on any atom is 0.358 e. The van der Waals surface area contributed by atoms with E-state index in [0.29, 0.717) is 27.6 Å². The molecule has 0 aliphatic rings. The Morgan fingerprint density at radius 3 is 2.78 bits per heavy atom. The Hall–Kier alpha value is -3.91. The Kier molecular flexibility index (Phi) is 4.99. The summed E-state index contributed by atoms with van der Waals surface area (Å²) < 4.78 is 25.9. The van der Waals surface area contributed by atoms with Gasteiger partial charge in [0.25, 0.3) is 0 Å². The molecular weight excluding hydrogens is 429 g/mol. The molecule has 0 aliphatic carbocycles. The maximum atomic E-state index is 14.1. The fraction of sp³-hybridized carbons (Fsp3) is 0.0833. The van der Waals surface area contributed by atoms with E-state index in [-0.39, 0.29) is 11.5 Å². The molecule has 6 nitrogen and oxygen atoms in total. The van der Waals surface area contributed by atoms with Crippen molar-refractivity contribution >= 4 is 38.2 Å². The van der Waals surface area contributed by atoms with E-state index in [1.807, 2.05) is 31.2 Å². The topological polar surface area (TPSA) is 74.2 Å². The van der Waals surface area contributed by atoms with E-state index < -0.39 is 5.97 Å². The molecule has 0 saturated carbocycles. The van der Waals surface area contributed by atoms with Gasteiger partial charge in [-0.3, -0.25) is 4.98 Å². The molecule has 0 N–H and O–H groups in total. The lowest BCUT2D eigenvalue weighted by molar-refractivity contribution is 0.0594. The van der Waals surface area contributed by atoms with Crippen LogP contribution in [-0.2, 0) is 4.74 Å². The van der Waals surface area contributed by atoms with Crippen LogP contribution in [0.1, 0.15) is 16.2 Å². The number of carbonyl (C=O) groups is 1. The Bertz CT molecular complexity index is 1500. The first-order valence-electron chi connectivity index (χ1n) is 9.69. The average molecular weight is 445 g/mol. The highest BCUT2D eigenvalue weighted by Crippen LogP contribution is 2.39. The second kappa shape index (κ2) is 7.97. The Morgan fingerprint density at radius 2 is 1.94 bits per heavy atom. The summed E-state index contributed by atoms with van der Waals surface area (Å²) in [4.78, 5) is 25.0. The normalized spacial score (nSPS) is 11.1. The first-order valence-corrected chi connectivity index (χ1v) is 10.5. The van der Waals surface area contributed by atoms with Crippen LogP contribution < -0.4 is 4.74 Å². The minimum Gasteiger partial charge on any atom is -0.464 e. The SMILES string of the molecule is COC(=O)c1ncc(C)nc1-c1ccc2cc(Oc3cc(F)cc4ccncc34)sc2c1. The standard InChI is InChI=1S/C24H16FN3O3S/c1-13-11-27-23(24(29)30-2)22(28-13)16-4-3-15-9-21(32-20(15)8-16)31-19-10-17(25)7-14-5-6-26-12-18(14)19/h3-12H,1-2H3. The summed E-state index contributed by atoms with van der Waals surface area (Å²) in [6, 6.07) is 12.1. The van der Waals surface area contributed by atoms with Gasteiger partial charge in [0.2, 0.25) is 0 Å². The lowest BCUT2D eigenvalue weighted by Crippen LogP contribution is -2.08. The number of hydrogen-bond donors (Lipinski definition) is 0. The van der Waals surface area contributed by atoms with E-state index in [4.69, 9.17) is 9.47 Å². The van der Waals surface area contributed by atoms with E-state index in [0.717, 1.165) is 21.0 Å². The molecule has 5 rings (SSSR count). The van der Waals surface area contributed by atoms with Gasteiger partial charge in [-0.1, -0.05) is 23.5 Å². The zero-order valence-electron chi connectivity index (χ0n) is 17.1. The molecule has 0 amide bonds. The molecule has 0 aliphatic heterocycles. The number of hydrogen-bond acceptors (Lipinski definition) is 7. The van der Waals surface area contributed by atoms with Gasteiger partial charge in [0.1, 0.15) is 17.3 Å². The fourth-order valence-electron chi connectivity index (χ4n) is 3.45. The summed E-state index contributed by atoms with van der Waals surface area (Å²) in [7, 11) is 1.31. The van der Waals surface area contributed by atoms with Crippen LogP contribution in [0.5, 0.6) is 10.8 Å². The smallest absolute Gasteiger partial charge is 0.358 e. The molecule has 158 valence electrons. The number of carbonyl (C=O) groups excluding carboxylic acids is 1. The summed E-state index contributed by atoms with van der Waals surface area (Å²) in [6.07, 6.45) is 4.80. The average Bonchev–Trinajstić information content (AvgIpc) is 3.20. The van der Waals surface area contributed by atoms with Crippen LogP contribution in [0.3, 0.4) is 0 Å². The molecule has 3 aromatic heterocycles. The molecule has 5 aromatic rings. The van der Waals surface area contributed by atoms with Crippen LogP contribution in [0.15, 0.2) is 61.1 Å². The van der Waals surface area contributed by atoms with Crippen molar-refractivity contribution in [3.8, 4) is 22.1 Å². The third-order valence-electron chi connectivity index (χ3n) is 4.94. The maximum absolute atomic E-state index is 14.1. The molecule has 0 unspecified atom stereocenters. The third-order valence-corrected chi connectivity index (χ3v) is 5.91. The first-order chi connectivity index (χ1) is 15.5. The number of pyridine rings is 1. The van der Waals surface area contributed by atoms with Gasteiger partial charge < -0.3 is 9.47 Å². The highest BCUT2D eigenvalue weighted by molar-refractivity contribution is 7.20. The Morgan fingerprint density at radius 1 is 1.06 bits per heavy atom. The molecule has 2 aromatic carbocycles. The first kappa shape index (κ1) is 20.0. The Balaban J connectivity index is 1.55. The number of thiophene rings is 1.